The van der Waals surface area contributed by atoms with Crippen molar-refractivity contribution in [2.75, 3.05) is 5.75 Å². The summed E-state index contributed by atoms with van der Waals surface area (Å²) in [5, 5.41) is 18.6. The number of carbonyl (C=O) groups excluding carboxylic acids is 1. The summed E-state index contributed by atoms with van der Waals surface area (Å²) in [6.07, 6.45) is 10.6. The maximum Gasteiger partial charge on any atom is 0.162 e. The first kappa shape index (κ1) is 17.9. The van der Waals surface area contributed by atoms with Crippen molar-refractivity contribution in [3.8, 4) is 12.1 Å². The monoisotopic (exact) mass is 360 g/mol. The Morgan fingerprint density at radius 2 is 1.54 bits per heavy atom. The number of thioether (sulfide) groups is 2. The first-order chi connectivity index (χ1) is 11.7. The molecule has 0 aromatic heterocycles. The molecular weight excluding hydrogens is 336 g/mol. The zero-order valence-electron chi connectivity index (χ0n) is 13.9. The number of hydrogen-bond acceptors (Lipinski definition) is 5. The topological polar surface area (TPSA) is 64.7 Å². The van der Waals surface area contributed by atoms with Crippen LogP contribution in [0.15, 0.2) is 9.81 Å². The van der Waals surface area contributed by atoms with Crippen molar-refractivity contribution in [1.82, 2.24) is 0 Å². The van der Waals surface area contributed by atoms with E-state index in [1.54, 1.807) is 23.5 Å². The lowest BCUT2D eigenvalue weighted by Crippen LogP contribution is -2.29. The van der Waals surface area contributed by atoms with Gasteiger partial charge in [-0.2, -0.15) is 10.5 Å². The van der Waals surface area contributed by atoms with E-state index >= 15 is 0 Å². The van der Waals surface area contributed by atoms with Gasteiger partial charge < -0.3 is 0 Å². The lowest BCUT2D eigenvalue weighted by atomic mass is 9.69. The van der Waals surface area contributed by atoms with Crippen molar-refractivity contribution in [2.45, 2.75) is 56.6 Å². The molecule has 1 atom stereocenters. The van der Waals surface area contributed by atoms with Crippen LogP contribution in [0.4, 0.5) is 0 Å². The van der Waals surface area contributed by atoms with Gasteiger partial charge in [-0.25, -0.2) is 0 Å². The van der Waals surface area contributed by atoms with Gasteiger partial charge in [-0.15, -0.1) is 23.5 Å². The Labute approximate surface area is 153 Å². The summed E-state index contributed by atoms with van der Waals surface area (Å²) in [5.74, 6) is 3.79. The third-order valence-corrected chi connectivity index (χ3v) is 9.21. The molecule has 24 heavy (non-hydrogen) atoms. The number of nitrogens with zero attached hydrogens (tertiary/aromatic N) is 2. The third-order valence-electron chi connectivity index (χ3n) is 6.06. The fraction of sp³-hybridized carbons (Fsp3) is 0.737. The quantitative estimate of drug-likeness (QED) is 0.407. The van der Waals surface area contributed by atoms with Crippen molar-refractivity contribution in [1.29, 1.82) is 10.5 Å². The summed E-state index contributed by atoms with van der Waals surface area (Å²) in [6.45, 7) is 0. The van der Waals surface area contributed by atoms with Crippen molar-refractivity contribution < 1.29 is 4.79 Å². The number of carbonyl (C=O) groups is 1. The van der Waals surface area contributed by atoms with Crippen LogP contribution in [0.1, 0.15) is 51.4 Å². The molecular formula is C19H24N2OS2. The Hall–Kier alpha value is -0.910. The molecule has 1 saturated heterocycles. The van der Waals surface area contributed by atoms with Crippen LogP contribution in [0.25, 0.3) is 0 Å². The Morgan fingerprint density at radius 3 is 2.08 bits per heavy atom. The number of nitriles is 2. The first-order valence-corrected chi connectivity index (χ1v) is 10.9. The van der Waals surface area contributed by atoms with Gasteiger partial charge in [-0.3, -0.25) is 4.79 Å². The van der Waals surface area contributed by atoms with E-state index in [1.165, 1.54) is 38.5 Å². The molecule has 5 heteroatoms. The minimum atomic E-state index is 0.307. The SMILES string of the molecule is N#C/C(C=O)=C1/SCC(C2CCC(C3CCC(C#N)CC3)CC2)S1. The minimum Gasteiger partial charge on any atom is -0.297 e. The molecule has 0 aromatic rings. The summed E-state index contributed by atoms with van der Waals surface area (Å²) in [7, 11) is 0. The molecule has 0 bridgehead atoms. The van der Waals surface area contributed by atoms with Crippen LogP contribution in [-0.2, 0) is 4.79 Å². The summed E-state index contributed by atoms with van der Waals surface area (Å²) in [5.41, 5.74) is 0.315. The number of allylic oxidation sites excluding steroid dienone is 1. The largest absolute Gasteiger partial charge is 0.297 e. The number of hydrogen-bond donors (Lipinski definition) is 0. The van der Waals surface area contributed by atoms with E-state index in [-0.39, 0.29) is 0 Å². The second-order valence-electron chi connectivity index (χ2n) is 7.31. The lowest BCUT2D eigenvalue weighted by Gasteiger charge is -2.38. The van der Waals surface area contributed by atoms with Gasteiger partial charge in [0.05, 0.1) is 10.3 Å². The first-order valence-electron chi connectivity index (χ1n) is 9.03. The average Bonchev–Trinajstić information content (AvgIpc) is 3.13. The van der Waals surface area contributed by atoms with Crippen LogP contribution in [0, 0.1) is 46.3 Å². The second-order valence-corrected chi connectivity index (χ2v) is 9.85. The molecule has 0 aromatic carbocycles. The zero-order chi connectivity index (χ0) is 16.9. The molecule has 0 spiro atoms. The second kappa shape index (κ2) is 8.45. The molecule has 3 fully saturated rings. The van der Waals surface area contributed by atoms with E-state index in [4.69, 9.17) is 10.5 Å². The molecule has 128 valence electrons. The zero-order valence-corrected chi connectivity index (χ0v) is 15.6. The lowest BCUT2D eigenvalue weighted by molar-refractivity contribution is -0.104. The van der Waals surface area contributed by atoms with Gasteiger partial charge >= 0.3 is 0 Å². The van der Waals surface area contributed by atoms with Gasteiger partial charge in [0.25, 0.3) is 0 Å². The highest BCUT2D eigenvalue weighted by Gasteiger charge is 2.36. The van der Waals surface area contributed by atoms with Crippen LogP contribution >= 0.6 is 23.5 Å². The Balaban J connectivity index is 1.48. The average molecular weight is 361 g/mol. The van der Waals surface area contributed by atoms with Crippen molar-refractivity contribution in [3.05, 3.63) is 9.81 Å². The predicted molar refractivity (Wildman–Crippen MR) is 99.0 cm³/mol. The molecule has 1 aliphatic heterocycles. The predicted octanol–water partition coefficient (Wildman–Crippen LogP) is 4.91. The summed E-state index contributed by atoms with van der Waals surface area (Å²) < 4.78 is 0.939. The molecule has 0 radical (unpaired) electrons. The van der Waals surface area contributed by atoms with Gasteiger partial charge in [0.2, 0.25) is 0 Å². The maximum atomic E-state index is 10.9. The highest BCUT2D eigenvalue weighted by molar-refractivity contribution is 8.25. The van der Waals surface area contributed by atoms with Crippen LogP contribution in [0.3, 0.4) is 0 Å². The Morgan fingerprint density at radius 1 is 0.958 bits per heavy atom. The van der Waals surface area contributed by atoms with E-state index in [0.717, 1.165) is 40.6 Å². The van der Waals surface area contributed by atoms with E-state index in [1.807, 2.05) is 6.07 Å². The standard InChI is InChI=1S/C19H24N2OS2/c20-9-13-1-3-14(4-2-13)15-5-7-16(8-6-15)18-12-23-19(24-18)17(10-21)11-22/h11,13-16,18H,1-8,12H2/b19-17+. The van der Waals surface area contributed by atoms with Gasteiger partial charge in [0.1, 0.15) is 11.6 Å². The van der Waals surface area contributed by atoms with Crippen molar-refractivity contribution >= 4 is 29.8 Å². The molecule has 3 nitrogen and oxygen atoms in total. The van der Waals surface area contributed by atoms with Gasteiger partial charge in [-0.1, -0.05) is 0 Å². The Kier molecular flexibility index (Phi) is 6.31. The maximum absolute atomic E-state index is 10.9. The normalized spacial score (nSPS) is 38.8. The van der Waals surface area contributed by atoms with E-state index in [9.17, 15) is 4.79 Å². The van der Waals surface area contributed by atoms with E-state index in [0.29, 0.717) is 23.0 Å². The summed E-state index contributed by atoms with van der Waals surface area (Å²) in [6, 6.07) is 4.46. The van der Waals surface area contributed by atoms with E-state index in [2.05, 4.69) is 6.07 Å². The van der Waals surface area contributed by atoms with E-state index < -0.39 is 0 Å². The summed E-state index contributed by atoms with van der Waals surface area (Å²) in [4.78, 5) is 10.9. The summed E-state index contributed by atoms with van der Waals surface area (Å²) >= 11 is 3.46. The smallest absolute Gasteiger partial charge is 0.162 e. The van der Waals surface area contributed by atoms with Gasteiger partial charge in [-0.05, 0) is 69.1 Å². The molecule has 3 aliphatic rings. The van der Waals surface area contributed by atoms with Crippen LogP contribution in [0.5, 0.6) is 0 Å². The fourth-order valence-corrected chi connectivity index (χ4v) is 7.69. The van der Waals surface area contributed by atoms with Crippen LogP contribution < -0.4 is 0 Å². The highest BCUT2D eigenvalue weighted by Crippen LogP contribution is 2.50. The number of rotatable bonds is 3. The molecule has 2 saturated carbocycles. The molecule has 2 aliphatic carbocycles. The molecule has 0 amide bonds. The molecule has 3 rings (SSSR count). The highest BCUT2D eigenvalue weighted by atomic mass is 32.2. The van der Waals surface area contributed by atoms with Gasteiger partial charge in [0.15, 0.2) is 6.29 Å². The van der Waals surface area contributed by atoms with Crippen molar-refractivity contribution in [3.63, 3.8) is 0 Å². The van der Waals surface area contributed by atoms with Gasteiger partial charge in [0, 0.05) is 16.9 Å². The fourth-order valence-electron chi connectivity index (χ4n) is 4.56. The number of aldehydes is 1. The van der Waals surface area contributed by atoms with Crippen molar-refractivity contribution in [2.24, 2.45) is 23.7 Å². The molecule has 0 N–H and O–H groups in total. The third kappa shape index (κ3) is 4.01. The molecule has 1 heterocycles. The minimum absolute atomic E-state index is 0.307. The Bertz CT molecular complexity index is 573. The van der Waals surface area contributed by atoms with Crippen LogP contribution in [-0.4, -0.2) is 17.3 Å². The van der Waals surface area contributed by atoms with Crippen LogP contribution in [0.2, 0.25) is 0 Å². The molecule has 1 unspecified atom stereocenters.